The molecule has 29 heavy (non-hydrogen) atoms. The average molecular weight is 406 g/mol. The maximum absolute atomic E-state index is 11.7. The molecule has 0 aliphatic heterocycles. The van der Waals surface area contributed by atoms with Gasteiger partial charge in [0, 0.05) is 32.1 Å². The molecule has 9 heteroatoms. The first-order chi connectivity index (χ1) is 13.8. The lowest BCUT2D eigenvalue weighted by Gasteiger charge is -2.20. The van der Waals surface area contributed by atoms with Gasteiger partial charge >= 0.3 is 0 Å². The van der Waals surface area contributed by atoms with E-state index in [1.165, 1.54) is 13.2 Å². The quantitative estimate of drug-likeness (QED) is 0.345. The number of aliphatic hydroxyl groups is 6. The number of aryl methyl sites for hydroxylation is 1. The Morgan fingerprint density at radius 2 is 1.76 bits per heavy atom. The van der Waals surface area contributed by atoms with Crippen LogP contribution in [0.15, 0.2) is 48.2 Å². The highest BCUT2D eigenvalue weighted by molar-refractivity contribution is 5.94. The third-order valence-corrected chi connectivity index (χ3v) is 4.17. The van der Waals surface area contributed by atoms with E-state index < -0.39 is 30.3 Å². The molecule has 0 aliphatic rings. The van der Waals surface area contributed by atoms with Crippen molar-refractivity contribution in [1.29, 1.82) is 0 Å². The Balaban J connectivity index is 0.00000204. The second kappa shape index (κ2) is 11.1. The molecule has 2 aromatic rings. The summed E-state index contributed by atoms with van der Waals surface area (Å²) in [7, 11) is 2.53. The van der Waals surface area contributed by atoms with Gasteiger partial charge in [-0.05, 0) is 29.7 Å². The molecular formula is C20H26N2O7. The molecule has 1 amide bonds. The molecule has 0 aliphatic carbocycles. The van der Waals surface area contributed by atoms with Gasteiger partial charge < -0.3 is 36.0 Å². The second-order valence-electron chi connectivity index (χ2n) is 5.99. The molecule has 0 bridgehead atoms. The van der Waals surface area contributed by atoms with Gasteiger partial charge in [0.25, 0.3) is 5.91 Å². The highest BCUT2D eigenvalue weighted by Gasteiger charge is 2.26. The van der Waals surface area contributed by atoms with Crippen LogP contribution in [-0.4, -0.2) is 68.4 Å². The Morgan fingerprint density at radius 3 is 2.31 bits per heavy atom. The third-order valence-electron chi connectivity index (χ3n) is 4.17. The Morgan fingerprint density at radius 1 is 1.10 bits per heavy atom. The third kappa shape index (κ3) is 5.75. The van der Waals surface area contributed by atoms with Crippen LogP contribution in [0.2, 0.25) is 0 Å². The summed E-state index contributed by atoms with van der Waals surface area (Å²) in [5.74, 6) is -1.97. The number of rotatable bonds is 6. The van der Waals surface area contributed by atoms with Crippen LogP contribution >= 0.6 is 0 Å². The summed E-state index contributed by atoms with van der Waals surface area (Å²) in [4.78, 5) is 15.8. The number of benzene rings is 1. The molecular weight excluding hydrogens is 380 g/mol. The van der Waals surface area contributed by atoms with Gasteiger partial charge in [-0.3, -0.25) is 9.78 Å². The van der Waals surface area contributed by atoms with Crippen molar-refractivity contribution in [3.63, 3.8) is 0 Å². The van der Waals surface area contributed by atoms with Crippen molar-refractivity contribution in [3.05, 3.63) is 64.9 Å². The minimum Gasteiger partial charge on any atom is -0.506 e. The fourth-order valence-electron chi connectivity index (χ4n) is 2.62. The molecule has 0 fully saturated rings. The van der Waals surface area contributed by atoms with E-state index >= 15 is 0 Å². The van der Waals surface area contributed by atoms with Gasteiger partial charge in [0.1, 0.15) is 18.8 Å². The van der Waals surface area contributed by atoms with Crippen molar-refractivity contribution < 1.29 is 35.4 Å². The molecule has 7 N–H and O–H groups in total. The molecule has 9 nitrogen and oxygen atoms in total. The van der Waals surface area contributed by atoms with Crippen molar-refractivity contribution in [2.75, 3.05) is 20.8 Å². The van der Waals surface area contributed by atoms with Crippen LogP contribution in [-0.2, 0) is 0 Å². The minimum absolute atomic E-state index is 0.262. The van der Waals surface area contributed by atoms with Crippen molar-refractivity contribution in [2.45, 2.75) is 19.1 Å². The van der Waals surface area contributed by atoms with Gasteiger partial charge in [-0.1, -0.05) is 18.2 Å². The van der Waals surface area contributed by atoms with Crippen molar-refractivity contribution in [3.8, 4) is 11.1 Å². The number of amides is 1. The molecule has 0 saturated carbocycles. The first-order valence-electron chi connectivity index (χ1n) is 8.60. The Labute approximate surface area is 168 Å². The SMILES string of the molecule is CNC(=O)c1cncc(-c2ccc(C(O)C(O)C(O)=C(O)CO)c(C)c2)c1.CO. The van der Waals surface area contributed by atoms with Crippen molar-refractivity contribution in [1.82, 2.24) is 10.3 Å². The second-order valence-corrected chi connectivity index (χ2v) is 5.99. The topological polar surface area (TPSA) is 163 Å². The zero-order valence-electron chi connectivity index (χ0n) is 16.4. The summed E-state index contributed by atoms with van der Waals surface area (Å²) < 4.78 is 0. The van der Waals surface area contributed by atoms with Crippen molar-refractivity contribution >= 4 is 5.91 Å². The normalized spacial score (nSPS) is 13.5. The number of hydrogen-bond acceptors (Lipinski definition) is 8. The lowest BCUT2D eigenvalue weighted by atomic mass is 9.94. The minimum atomic E-state index is -1.79. The van der Waals surface area contributed by atoms with Crippen LogP contribution in [0.25, 0.3) is 11.1 Å². The lowest BCUT2D eigenvalue weighted by molar-refractivity contribution is 0.0104. The highest BCUT2D eigenvalue weighted by Crippen LogP contribution is 2.29. The predicted octanol–water partition coefficient (Wildman–Crippen LogP) is 0.739. The van der Waals surface area contributed by atoms with E-state index in [1.54, 1.807) is 37.4 Å². The summed E-state index contributed by atoms with van der Waals surface area (Å²) >= 11 is 0. The zero-order valence-corrected chi connectivity index (χ0v) is 16.4. The molecule has 2 rings (SSSR count). The fourth-order valence-corrected chi connectivity index (χ4v) is 2.62. The Kier molecular flexibility index (Phi) is 9.23. The molecule has 0 saturated heterocycles. The van der Waals surface area contributed by atoms with Gasteiger partial charge in [-0.15, -0.1) is 0 Å². The molecule has 0 radical (unpaired) electrons. The zero-order chi connectivity index (χ0) is 22.1. The first kappa shape index (κ1) is 24.1. The van der Waals surface area contributed by atoms with E-state index in [9.17, 15) is 25.2 Å². The van der Waals surface area contributed by atoms with E-state index in [1.807, 2.05) is 0 Å². The molecule has 1 heterocycles. The molecule has 1 aromatic carbocycles. The number of aliphatic hydroxyl groups excluding tert-OH is 6. The van der Waals surface area contributed by atoms with Crippen LogP contribution in [0.1, 0.15) is 27.6 Å². The summed E-state index contributed by atoms with van der Waals surface area (Å²) in [6.07, 6.45) is -0.255. The van der Waals surface area contributed by atoms with Crippen LogP contribution in [0.3, 0.4) is 0 Å². The largest absolute Gasteiger partial charge is 0.506 e. The van der Waals surface area contributed by atoms with Gasteiger partial charge in [-0.25, -0.2) is 0 Å². The van der Waals surface area contributed by atoms with Gasteiger partial charge in [-0.2, -0.15) is 0 Å². The van der Waals surface area contributed by atoms with Crippen LogP contribution in [0.4, 0.5) is 0 Å². The number of carbonyl (C=O) groups excluding carboxylic acids is 1. The predicted molar refractivity (Wildman–Crippen MR) is 106 cm³/mol. The summed E-state index contributed by atoms with van der Waals surface area (Å²) in [6.45, 7) is 0.847. The fraction of sp³-hybridized carbons (Fsp3) is 0.300. The molecule has 2 unspecified atom stereocenters. The number of nitrogens with zero attached hydrogens (tertiary/aromatic N) is 1. The molecule has 158 valence electrons. The smallest absolute Gasteiger partial charge is 0.252 e. The molecule has 1 aromatic heterocycles. The van der Waals surface area contributed by atoms with Crippen LogP contribution in [0.5, 0.6) is 0 Å². The Bertz CT molecular complexity index is 868. The molecule has 0 spiro atoms. The maximum atomic E-state index is 11.7. The standard InChI is InChI=1S/C19H22N2O6.CH4O/c1-10-5-11(12-6-13(8-21-7-12)19(27)20-2)3-4-14(10)16(24)18(26)17(25)15(23)9-22;1-2/h3-8,16,18,22-26H,9H2,1-2H3,(H,20,27);2H,1H3. The number of carbonyl (C=O) groups is 1. The van der Waals surface area contributed by atoms with E-state index in [0.717, 1.165) is 12.7 Å². The van der Waals surface area contributed by atoms with Crippen LogP contribution in [0, 0.1) is 6.92 Å². The van der Waals surface area contributed by atoms with E-state index in [0.29, 0.717) is 22.3 Å². The monoisotopic (exact) mass is 406 g/mol. The average Bonchev–Trinajstić information content (AvgIpc) is 2.77. The lowest BCUT2D eigenvalue weighted by Crippen LogP contribution is -2.23. The molecule has 2 atom stereocenters. The first-order valence-corrected chi connectivity index (χ1v) is 8.60. The maximum Gasteiger partial charge on any atom is 0.252 e. The summed E-state index contributed by atoms with van der Waals surface area (Å²) in [6, 6.07) is 6.66. The Hall–Kier alpha value is -2.98. The van der Waals surface area contributed by atoms with E-state index in [-0.39, 0.29) is 5.91 Å². The van der Waals surface area contributed by atoms with Crippen LogP contribution < -0.4 is 5.32 Å². The van der Waals surface area contributed by atoms with E-state index in [4.69, 9.17) is 10.2 Å². The number of pyridine rings is 1. The number of aromatic nitrogens is 1. The summed E-state index contributed by atoms with van der Waals surface area (Å²) in [5.41, 5.74) is 2.79. The summed E-state index contributed by atoms with van der Waals surface area (Å²) in [5, 5.41) is 57.6. The van der Waals surface area contributed by atoms with Gasteiger partial charge in [0.15, 0.2) is 11.5 Å². The number of nitrogens with one attached hydrogen (secondary N) is 1. The van der Waals surface area contributed by atoms with E-state index in [2.05, 4.69) is 10.3 Å². The van der Waals surface area contributed by atoms with Gasteiger partial charge in [0.2, 0.25) is 0 Å². The number of hydrogen-bond donors (Lipinski definition) is 7. The van der Waals surface area contributed by atoms with Gasteiger partial charge in [0.05, 0.1) is 5.56 Å². The van der Waals surface area contributed by atoms with Crippen molar-refractivity contribution in [2.24, 2.45) is 0 Å². The highest BCUT2D eigenvalue weighted by atomic mass is 16.4.